The van der Waals surface area contributed by atoms with E-state index < -0.39 is 0 Å². The third-order valence-corrected chi connectivity index (χ3v) is 4.16. The lowest BCUT2D eigenvalue weighted by Gasteiger charge is -2.29. The van der Waals surface area contributed by atoms with Gasteiger partial charge >= 0.3 is 0 Å². The third-order valence-electron chi connectivity index (χ3n) is 3.93. The number of hydrogen-bond acceptors (Lipinski definition) is 2. The Morgan fingerprint density at radius 2 is 2.00 bits per heavy atom. The molecule has 0 aliphatic carbocycles. The first-order valence-electron chi connectivity index (χ1n) is 8.07. The molecule has 0 bridgehead atoms. The highest BCUT2D eigenvalue weighted by molar-refractivity contribution is 14.0. The van der Waals surface area contributed by atoms with Gasteiger partial charge in [-0.1, -0.05) is 23.7 Å². The van der Waals surface area contributed by atoms with Gasteiger partial charge in [0.15, 0.2) is 5.96 Å². The van der Waals surface area contributed by atoms with Crippen molar-refractivity contribution >= 4 is 41.5 Å². The summed E-state index contributed by atoms with van der Waals surface area (Å²) in [6.45, 7) is 7.35. The van der Waals surface area contributed by atoms with Crippen LogP contribution in [0, 0.1) is 0 Å². The van der Waals surface area contributed by atoms with Gasteiger partial charge in [-0.2, -0.15) is 0 Å². The van der Waals surface area contributed by atoms with Crippen LogP contribution < -0.4 is 10.6 Å². The van der Waals surface area contributed by atoms with Crippen LogP contribution in [0.1, 0.15) is 38.3 Å². The second-order valence-electron chi connectivity index (χ2n) is 6.07. The van der Waals surface area contributed by atoms with E-state index in [9.17, 15) is 0 Å². The molecular weight excluding hydrogens is 423 g/mol. The van der Waals surface area contributed by atoms with E-state index in [1.54, 1.807) is 0 Å². The summed E-state index contributed by atoms with van der Waals surface area (Å²) >= 11 is 6.18. The third kappa shape index (κ3) is 6.47. The molecule has 2 N–H and O–H groups in total. The predicted octanol–water partition coefficient (Wildman–Crippen LogP) is 3.67. The summed E-state index contributed by atoms with van der Waals surface area (Å²) in [5, 5.41) is 7.58. The molecule has 1 fully saturated rings. The molecule has 1 atom stereocenters. The first-order chi connectivity index (χ1) is 10.6. The van der Waals surface area contributed by atoms with Gasteiger partial charge in [-0.05, 0) is 57.5 Å². The fourth-order valence-electron chi connectivity index (χ4n) is 2.89. The molecule has 1 aliphatic rings. The van der Waals surface area contributed by atoms with E-state index in [1.165, 1.54) is 18.4 Å². The van der Waals surface area contributed by atoms with E-state index >= 15 is 0 Å². The Morgan fingerprint density at radius 1 is 1.30 bits per heavy atom. The van der Waals surface area contributed by atoms with Crippen LogP contribution in [0.2, 0.25) is 5.02 Å². The molecule has 1 unspecified atom stereocenters. The summed E-state index contributed by atoms with van der Waals surface area (Å²) in [6.07, 6.45) is 2.55. The second-order valence-corrected chi connectivity index (χ2v) is 6.50. The first-order valence-corrected chi connectivity index (χ1v) is 8.44. The summed E-state index contributed by atoms with van der Waals surface area (Å²) in [5.41, 5.74) is 1.27. The lowest BCUT2D eigenvalue weighted by Crippen LogP contribution is -2.44. The van der Waals surface area contributed by atoms with Crippen LogP contribution in [0.3, 0.4) is 0 Å². The monoisotopic (exact) mass is 450 g/mol. The van der Waals surface area contributed by atoms with Crippen molar-refractivity contribution in [2.75, 3.05) is 26.7 Å². The standard InChI is InChI=1S/C17H27ClN4.HI/c1-13(2)21-17(19-3)20-12-16(22-9-4-5-10-22)14-7-6-8-15(18)11-14;/h6-8,11,13,16H,4-5,9-10,12H2,1-3H3,(H2,19,20,21);1H. The van der Waals surface area contributed by atoms with Crippen molar-refractivity contribution in [3.05, 3.63) is 34.9 Å². The second kappa shape index (κ2) is 10.4. The number of benzene rings is 1. The molecule has 0 amide bonds. The van der Waals surface area contributed by atoms with Gasteiger partial charge in [0.25, 0.3) is 0 Å². The number of nitrogens with zero attached hydrogens (tertiary/aromatic N) is 2. The van der Waals surface area contributed by atoms with Crippen LogP contribution in [0.25, 0.3) is 0 Å². The van der Waals surface area contributed by atoms with Crippen LogP contribution in [-0.4, -0.2) is 43.6 Å². The normalized spacial score (nSPS) is 17.0. The lowest BCUT2D eigenvalue weighted by atomic mass is 10.1. The minimum absolute atomic E-state index is 0. The smallest absolute Gasteiger partial charge is 0.191 e. The molecule has 23 heavy (non-hydrogen) atoms. The molecule has 1 aromatic carbocycles. The van der Waals surface area contributed by atoms with E-state index in [1.807, 2.05) is 19.2 Å². The summed E-state index contributed by atoms with van der Waals surface area (Å²) in [7, 11) is 1.81. The van der Waals surface area contributed by atoms with Crippen molar-refractivity contribution in [2.24, 2.45) is 4.99 Å². The maximum absolute atomic E-state index is 6.18. The Kier molecular flexibility index (Phi) is 9.24. The largest absolute Gasteiger partial charge is 0.354 e. The topological polar surface area (TPSA) is 39.7 Å². The number of nitrogens with one attached hydrogen (secondary N) is 2. The number of likely N-dealkylation sites (tertiary alicyclic amines) is 1. The van der Waals surface area contributed by atoms with Gasteiger partial charge < -0.3 is 10.6 Å². The molecule has 130 valence electrons. The maximum atomic E-state index is 6.18. The molecular formula is C17H28ClIN4. The summed E-state index contributed by atoms with van der Waals surface area (Å²) < 4.78 is 0. The Hall–Kier alpha value is -0.530. The number of guanidine groups is 1. The molecule has 1 saturated heterocycles. The van der Waals surface area contributed by atoms with Gasteiger partial charge in [0.2, 0.25) is 0 Å². The van der Waals surface area contributed by atoms with Crippen molar-refractivity contribution in [2.45, 2.75) is 38.8 Å². The predicted molar refractivity (Wildman–Crippen MR) is 110 cm³/mol. The van der Waals surface area contributed by atoms with Crippen molar-refractivity contribution in [1.29, 1.82) is 0 Å². The van der Waals surface area contributed by atoms with E-state index in [0.717, 1.165) is 30.6 Å². The highest BCUT2D eigenvalue weighted by Crippen LogP contribution is 2.26. The van der Waals surface area contributed by atoms with Crippen molar-refractivity contribution < 1.29 is 0 Å². The average molecular weight is 451 g/mol. The molecule has 4 nitrogen and oxygen atoms in total. The van der Waals surface area contributed by atoms with Crippen molar-refractivity contribution in [3.8, 4) is 0 Å². The fourth-order valence-corrected chi connectivity index (χ4v) is 3.09. The van der Waals surface area contributed by atoms with Crippen LogP contribution in [0.4, 0.5) is 0 Å². The van der Waals surface area contributed by atoms with E-state index in [-0.39, 0.29) is 24.0 Å². The Labute approximate surface area is 162 Å². The first kappa shape index (κ1) is 20.5. The molecule has 6 heteroatoms. The average Bonchev–Trinajstić information content (AvgIpc) is 3.00. The number of halogens is 2. The Balaban J connectivity index is 0.00000264. The summed E-state index contributed by atoms with van der Waals surface area (Å²) in [6, 6.07) is 8.88. The minimum Gasteiger partial charge on any atom is -0.354 e. The number of aliphatic imine (C=N–C) groups is 1. The molecule has 1 heterocycles. The zero-order chi connectivity index (χ0) is 15.9. The molecule has 0 spiro atoms. The molecule has 0 saturated carbocycles. The number of rotatable bonds is 5. The van der Waals surface area contributed by atoms with Crippen LogP contribution in [0.5, 0.6) is 0 Å². The van der Waals surface area contributed by atoms with Gasteiger partial charge in [0, 0.05) is 24.7 Å². The SMILES string of the molecule is CN=C(NCC(c1cccc(Cl)c1)N1CCCC1)NC(C)C.I. The molecule has 1 aliphatic heterocycles. The highest BCUT2D eigenvalue weighted by Gasteiger charge is 2.23. The van der Waals surface area contributed by atoms with E-state index in [4.69, 9.17) is 11.6 Å². The van der Waals surface area contributed by atoms with Gasteiger partial charge in [-0.3, -0.25) is 9.89 Å². The highest BCUT2D eigenvalue weighted by atomic mass is 127. The summed E-state index contributed by atoms with van der Waals surface area (Å²) in [4.78, 5) is 6.82. The van der Waals surface area contributed by atoms with Crippen molar-refractivity contribution in [1.82, 2.24) is 15.5 Å². The van der Waals surface area contributed by atoms with Gasteiger partial charge in [0.1, 0.15) is 0 Å². The van der Waals surface area contributed by atoms with Crippen molar-refractivity contribution in [3.63, 3.8) is 0 Å². The van der Waals surface area contributed by atoms with Crippen LogP contribution in [-0.2, 0) is 0 Å². The summed E-state index contributed by atoms with van der Waals surface area (Å²) in [5.74, 6) is 0.848. The van der Waals surface area contributed by atoms with Crippen LogP contribution in [0.15, 0.2) is 29.3 Å². The Bertz CT molecular complexity index is 501. The molecule has 0 radical (unpaired) electrons. The van der Waals surface area contributed by atoms with Gasteiger partial charge in [0.05, 0.1) is 6.04 Å². The quantitative estimate of drug-likeness (QED) is 0.408. The van der Waals surface area contributed by atoms with Gasteiger partial charge in [-0.25, -0.2) is 0 Å². The zero-order valence-electron chi connectivity index (χ0n) is 14.2. The molecule has 0 aromatic heterocycles. The number of hydrogen-bond donors (Lipinski definition) is 2. The molecule has 1 aromatic rings. The maximum Gasteiger partial charge on any atom is 0.191 e. The van der Waals surface area contributed by atoms with E-state index in [2.05, 4.69) is 46.5 Å². The van der Waals surface area contributed by atoms with E-state index in [0.29, 0.717) is 12.1 Å². The minimum atomic E-state index is 0. The fraction of sp³-hybridized carbons (Fsp3) is 0.588. The Morgan fingerprint density at radius 3 is 2.57 bits per heavy atom. The lowest BCUT2D eigenvalue weighted by molar-refractivity contribution is 0.245. The molecule has 2 rings (SSSR count). The van der Waals surface area contributed by atoms with Gasteiger partial charge in [-0.15, -0.1) is 24.0 Å². The van der Waals surface area contributed by atoms with Crippen LogP contribution >= 0.6 is 35.6 Å². The zero-order valence-corrected chi connectivity index (χ0v) is 17.3.